The fourth-order valence-electron chi connectivity index (χ4n) is 4.88. The SMILES string of the molecule is NC(=O)c1ccc[n+]([C@@H]2O[C@H](COP(=O)([O-])OP(=O)(O)OC[C@H]3O[C@@H](n4c(Br)nc5c(N)ncnc54)[C@H](OP(=O)(O)O)[C@@H]3O)[C@@H](O)[C@H]2O)c1. The van der Waals surface area contributed by atoms with Crippen molar-refractivity contribution < 1.29 is 85.3 Å². The molecule has 270 valence electrons. The minimum atomic E-state index is -5.74. The first kappa shape index (κ1) is 37.9. The van der Waals surface area contributed by atoms with Gasteiger partial charge in [0.1, 0.15) is 42.4 Å². The second-order valence-electron chi connectivity index (χ2n) is 10.3. The average molecular weight is 822 g/mol. The summed E-state index contributed by atoms with van der Waals surface area (Å²) in [6.45, 7) is -2.14. The zero-order valence-corrected chi connectivity index (χ0v) is 28.5. The van der Waals surface area contributed by atoms with Crippen LogP contribution in [0.25, 0.3) is 11.2 Å². The van der Waals surface area contributed by atoms with Gasteiger partial charge in [-0.25, -0.2) is 28.4 Å². The van der Waals surface area contributed by atoms with Gasteiger partial charge in [0.05, 0.1) is 13.2 Å². The van der Waals surface area contributed by atoms with Crippen LogP contribution in [0, 0.1) is 0 Å². The maximum Gasteiger partial charge on any atom is 0.478 e. The molecule has 2 fully saturated rings. The number of carbonyl (C=O) groups excluding carboxylic acids is 1. The van der Waals surface area contributed by atoms with Crippen molar-refractivity contribution in [1.82, 2.24) is 19.5 Å². The molecule has 2 saturated heterocycles. The number of rotatable bonds is 13. The van der Waals surface area contributed by atoms with Gasteiger partial charge in [-0.2, -0.15) is 4.57 Å². The lowest BCUT2D eigenvalue weighted by Crippen LogP contribution is -2.46. The third-order valence-electron chi connectivity index (χ3n) is 7.03. The molecule has 3 aromatic rings. The van der Waals surface area contributed by atoms with Gasteiger partial charge in [-0.3, -0.25) is 23.0 Å². The molecule has 5 heterocycles. The van der Waals surface area contributed by atoms with Gasteiger partial charge in [-0.15, -0.1) is 0 Å². The van der Waals surface area contributed by atoms with Crippen LogP contribution in [0.5, 0.6) is 0 Å². The lowest BCUT2D eigenvalue weighted by molar-refractivity contribution is -0.765. The highest BCUT2D eigenvalue weighted by Gasteiger charge is 2.51. The number of pyridine rings is 1. The number of primary amides is 1. The number of aliphatic hydroxyl groups excluding tert-OH is 3. The zero-order valence-electron chi connectivity index (χ0n) is 24.2. The molecule has 2 aliphatic heterocycles. The Kier molecular flexibility index (Phi) is 11.1. The van der Waals surface area contributed by atoms with Crippen LogP contribution in [-0.4, -0.2) is 105 Å². The number of aromatic nitrogens is 5. The number of carbonyl (C=O) groups is 1. The quantitative estimate of drug-likeness (QED) is 0.0491. The van der Waals surface area contributed by atoms with Crippen LogP contribution in [0.15, 0.2) is 35.6 Å². The second kappa shape index (κ2) is 14.3. The molecule has 0 spiro atoms. The molecule has 0 saturated carbocycles. The third kappa shape index (κ3) is 8.57. The van der Waals surface area contributed by atoms with Crippen molar-refractivity contribution in [2.24, 2.45) is 5.73 Å². The first-order valence-corrected chi connectivity index (χ1v) is 18.7. The lowest BCUT2D eigenvalue weighted by atomic mass is 10.1. The van der Waals surface area contributed by atoms with Gasteiger partial charge in [0.15, 0.2) is 46.4 Å². The summed E-state index contributed by atoms with van der Waals surface area (Å²) >= 11 is 3.12. The largest absolute Gasteiger partial charge is 0.756 e. The monoisotopic (exact) mass is 821 g/mol. The molecule has 3 aromatic heterocycles. The Bertz CT molecular complexity index is 1870. The number of ether oxygens (including phenoxy) is 2. The Morgan fingerprint density at radius 3 is 2.41 bits per heavy atom. The van der Waals surface area contributed by atoms with E-state index >= 15 is 0 Å². The van der Waals surface area contributed by atoms with E-state index in [9.17, 15) is 53.4 Å². The molecule has 0 radical (unpaired) electrons. The first-order valence-electron chi connectivity index (χ1n) is 13.4. The maximum atomic E-state index is 12.6. The van der Waals surface area contributed by atoms with Crippen molar-refractivity contribution in [3.63, 3.8) is 0 Å². The van der Waals surface area contributed by atoms with E-state index in [1.165, 1.54) is 29.1 Å². The highest BCUT2D eigenvalue weighted by atomic mass is 79.9. The summed E-state index contributed by atoms with van der Waals surface area (Å²) in [5.41, 5.74) is 11.1. The van der Waals surface area contributed by atoms with Crippen LogP contribution >= 0.6 is 39.4 Å². The fourth-order valence-corrected chi connectivity index (χ4v) is 8.02. The summed E-state index contributed by atoms with van der Waals surface area (Å²) in [4.78, 5) is 64.8. The second-order valence-corrected chi connectivity index (χ2v) is 15.2. The van der Waals surface area contributed by atoms with Crippen LogP contribution < -0.4 is 20.9 Å². The van der Waals surface area contributed by atoms with E-state index in [0.29, 0.717) is 0 Å². The molecule has 2 unspecified atom stereocenters. The van der Waals surface area contributed by atoms with Gasteiger partial charge in [0.2, 0.25) is 0 Å². The summed E-state index contributed by atoms with van der Waals surface area (Å²) in [5.74, 6) is -0.886. The molecule has 10 N–H and O–H groups in total. The number of nitrogens with two attached hydrogens (primary N) is 2. The third-order valence-corrected chi connectivity index (χ3v) is 10.7. The summed E-state index contributed by atoms with van der Waals surface area (Å²) in [6.07, 6.45) is -9.84. The van der Waals surface area contributed by atoms with E-state index in [0.717, 1.165) is 10.9 Å². The topological polar surface area (TPSA) is 368 Å². The highest BCUT2D eigenvalue weighted by molar-refractivity contribution is 9.10. The van der Waals surface area contributed by atoms with Crippen LogP contribution in [0.3, 0.4) is 0 Å². The van der Waals surface area contributed by atoms with Crippen molar-refractivity contribution >= 4 is 62.3 Å². The number of hydrogen-bond acceptors (Lipinski definition) is 18. The van der Waals surface area contributed by atoms with E-state index in [1.807, 2.05) is 0 Å². The first-order chi connectivity index (χ1) is 22.8. The van der Waals surface area contributed by atoms with E-state index < -0.39 is 91.7 Å². The van der Waals surface area contributed by atoms with Crippen LogP contribution in [0.1, 0.15) is 22.8 Å². The van der Waals surface area contributed by atoms with Crippen molar-refractivity contribution in [3.05, 3.63) is 41.2 Å². The number of phosphoric acid groups is 3. The minimum absolute atomic E-state index is 0.0261. The van der Waals surface area contributed by atoms with Gasteiger partial charge in [-0.05, 0) is 22.0 Å². The number of halogens is 1. The number of fused-ring (bicyclic) bond motifs is 1. The number of phosphoric ester groups is 3. The zero-order chi connectivity index (χ0) is 36.1. The molecule has 0 bridgehead atoms. The smallest absolute Gasteiger partial charge is 0.478 e. The maximum absolute atomic E-state index is 12.6. The fraction of sp³-hybridized carbons (Fsp3) is 0.476. The number of aliphatic hydroxyl groups is 3. The predicted octanol–water partition coefficient (Wildman–Crippen LogP) is -2.77. The van der Waals surface area contributed by atoms with Gasteiger partial charge in [0, 0.05) is 6.07 Å². The Hall–Kier alpha value is -2.38. The van der Waals surface area contributed by atoms with Gasteiger partial charge >= 0.3 is 15.6 Å². The number of amides is 1. The Labute approximate surface area is 281 Å². The van der Waals surface area contributed by atoms with Crippen molar-refractivity contribution in [2.45, 2.75) is 49.1 Å². The van der Waals surface area contributed by atoms with Crippen LogP contribution in [0.4, 0.5) is 5.82 Å². The number of imidazole rings is 1. The molecular formula is C21H27BrN7O17P3. The normalized spacial score (nSPS) is 30.0. The summed E-state index contributed by atoms with van der Waals surface area (Å²) < 4.78 is 68.1. The summed E-state index contributed by atoms with van der Waals surface area (Å²) in [6, 6.07) is 2.77. The molecular weight excluding hydrogens is 795 g/mol. The Morgan fingerprint density at radius 1 is 1.06 bits per heavy atom. The number of nitrogen functional groups attached to an aromatic ring is 1. The number of hydrogen-bond donors (Lipinski definition) is 8. The molecule has 0 aromatic carbocycles. The van der Waals surface area contributed by atoms with Crippen LogP contribution in [-0.2, 0) is 41.1 Å². The molecule has 10 atom stereocenters. The van der Waals surface area contributed by atoms with Gasteiger partial charge in [-0.1, -0.05) is 0 Å². The average Bonchev–Trinajstić information content (AvgIpc) is 3.60. The predicted molar refractivity (Wildman–Crippen MR) is 156 cm³/mol. The molecule has 49 heavy (non-hydrogen) atoms. The number of nitrogens with zero attached hydrogens (tertiary/aromatic N) is 5. The standard InChI is InChI=1S/C21H27BrN7O17P3/c22-21-27-11-16(23)25-7-26-18(11)29(21)20-15(45-47(34,35)36)13(31)10(44-20)6-42-49(39,40)46-48(37,38)41-5-9-12(30)14(32)19(43-9)28-3-1-2-8(4-28)17(24)33/h1-4,7,9-10,12-15,19-20,30-32H,5-6H2,(H7-,23,24,25,26,33,34,35,36,37,38,39,40)/t9-,10-,12-,13-,14-,15-,19-,20-/m1/s1. The van der Waals surface area contributed by atoms with E-state index in [-0.39, 0.29) is 27.3 Å². The molecule has 2 aliphatic rings. The summed E-state index contributed by atoms with van der Waals surface area (Å²) in [7, 11) is -16.7. The van der Waals surface area contributed by atoms with E-state index in [1.54, 1.807) is 0 Å². The highest BCUT2D eigenvalue weighted by Crippen LogP contribution is 2.59. The summed E-state index contributed by atoms with van der Waals surface area (Å²) in [5, 5.41) is 31.6. The van der Waals surface area contributed by atoms with Gasteiger partial charge in [0.25, 0.3) is 20.0 Å². The Morgan fingerprint density at radius 2 is 1.73 bits per heavy atom. The molecule has 1 amide bonds. The van der Waals surface area contributed by atoms with Crippen molar-refractivity contribution in [3.8, 4) is 0 Å². The van der Waals surface area contributed by atoms with E-state index in [2.05, 4.69) is 44.2 Å². The molecule has 5 rings (SSSR count). The van der Waals surface area contributed by atoms with Crippen LogP contribution in [0.2, 0.25) is 0 Å². The van der Waals surface area contributed by atoms with E-state index in [4.69, 9.17) is 25.5 Å². The molecule has 28 heteroatoms. The van der Waals surface area contributed by atoms with Crippen molar-refractivity contribution in [2.75, 3.05) is 18.9 Å². The van der Waals surface area contributed by atoms with Crippen molar-refractivity contribution in [1.29, 1.82) is 0 Å². The number of anilines is 1. The minimum Gasteiger partial charge on any atom is -0.756 e. The Balaban J connectivity index is 1.23. The molecule has 0 aliphatic carbocycles. The van der Waals surface area contributed by atoms with Gasteiger partial charge < -0.3 is 60.4 Å². The molecule has 24 nitrogen and oxygen atoms in total. The lowest BCUT2D eigenvalue weighted by Gasteiger charge is -2.26.